The van der Waals surface area contributed by atoms with Gasteiger partial charge in [-0.3, -0.25) is 9.36 Å². The van der Waals surface area contributed by atoms with Crippen LogP contribution in [0.2, 0.25) is 0 Å². The molecule has 0 saturated heterocycles. The number of nitrogens with zero attached hydrogens (tertiary/aromatic N) is 2. The summed E-state index contributed by atoms with van der Waals surface area (Å²) in [5.74, 6) is 1.56. The first-order valence-electron chi connectivity index (χ1n) is 15.3. The fraction of sp³-hybridized carbons (Fsp3) is 0.216. The second-order valence-corrected chi connectivity index (χ2v) is 12.6. The Morgan fingerprint density at radius 2 is 1.69 bits per heavy atom. The maximum absolute atomic E-state index is 14.1. The van der Waals surface area contributed by atoms with E-state index in [9.17, 15) is 9.59 Å². The molecule has 0 amide bonds. The van der Waals surface area contributed by atoms with E-state index in [0.29, 0.717) is 67.8 Å². The van der Waals surface area contributed by atoms with Gasteiger partial charge in [0.05, 0.1) is 48.1 Å². The Kier molecular flexibility index (Phi) is 9.98. The molecule has 0 fully saturated rings. The van der Waals surface area contributed by atoms with Crippen molar-refractivity contribution in [3.8, 4) is 23.0 Å². The molecule has 1 aliphatic heterocycles. The second-order valence-electron chi connectivity index (χ2n) is 10.8. The lowest BCUT2D eigenvalue weighted by atomic mass is 9.97. The van der Waals surface area contributed by atoms with E-state index < -0.39 is 12.0 Å². The Bertz CT molecular complexity index is 2220. The largest absolute Gasteiger partial charge is 0.493 e. The van der Waals surface area contributed by atoms with E-state index >= 15 is 0 Å². The lowest BCUT2D eigenvalue weighted by molar-refractivity contribution is -0.136. The number of thiazole rings is 1. The normalized spacial score (nSPS) is 14.1. The monoisotopic (exact) mass is 728 g/mol. The van der Waals surface area contributed by atoms with Crippen molar-refractivity contribution in [1.29, 1.82) is 0 Å². The Labute approximate surface area is 289 Å². The van der Waals surface area contributed by atoms with Gasteiger partial charge in [0, 0.05) is 6.20 Å². The number of carbonyl (C=O) groups excluding carboxylic acids is 1. The zero-order chi connectivity index (χ0) is 33.8. The van der Waals surface area contributed by atoms with Crippen LogP contribution in [0.3, 0.4) is 0 Å². The summed E-state index contributed by atoms with van der Waals surface area (Å²) in [6.07, 6.45) is 3.23. The lowest BCUT2D eigenvalue weighted by Gasteiger charge is -2.23. The standard InChI is InChI=1S/C37H33BrN2O7S/c1-5-45-29-14-13-26(19-30(29)46-6-2)33-27(36(42)44-4)20-39-37-40(33)35(41)32(48-37)18-23-16-28(38)34(31(17-23)43-3)47-21-22-11-12-24-9-7-8-10-25(24)15-22/h7-20,33H,5-6,21H2,1-4H3/b32-18-/t33-/m1/s1. The van der Waals surface area contributed by atoms with Crippen molar-refractivity contribution in [2.24, 2.45) is 4.99 Å². The van der Waals surface area contributed by atoms with Gasteiger partial charge in [-0.25, -0.2) is 9.79 Å². The number of ether oxygens (including phenoxy) is 5. The molecule has 9 nitrogen and oxygen atoms in total. The average Bonchev–Trinajstić information content (AvgIpc) is 3.41. The highest BCUT2D eigenvalue weighted by molar-refractivity contribution is 9.10. The highest BCUT2D eigenvalue weighted by atomic mass is 79.9. The Morgan fingerprint density at radius 3 is 2.44 bits per heavy atom. The molecule has 0 aliphatic carbocycles. The predicted octanol–water partition coefficient (Wildman–Crippen LogP) is 6.32. The molecule has 246 valence electrons. The van der Waals surface area contributed by atoms with Crippen molar-refractivity contribution in [3.63, 3.8) is 0 Å². The fourth-order valence-corrected chi connectivity index (χ4v) is 7.13. The van der Waals surface area contributed by atoms with Gasteiger partial charge in [0.2, 0.25) is 0 Å². The van der Waals surface area contributed by atoms with Crippen molar-refractivity contribution < 1.29 is 28.5 Å². The molecule has 0 N–H and O–H groups in total. The van der Waals surface area contributed by atoms with Crippen LogP contribution in [0.25, 0.3) is 16.8 Å². The molecule has 0 spiro atoms. The molecule has 0 unspecified atom stereocenters. The molecule has 0 bridgehead atoms. The smallest absolute Gasteiger partial charge is 0.337 e. The maximum Gasteiger partial charge on any atom is 0.337 e. The highest BCUT2D eigenvalue weighted by Crippen LogP contribution is 2.38. The summed E-state index contributed by atoms with van der Waals surface area (Å²) in [4.78, 5) is 31.9. The first-order valence-corrected chi connectivity index (χ1v) is 16.9. The van der Waals surface area contributed by atoms with Gasteiger partial charge in [-0.15, -0.1) is 0 Å². The number of carbonyl (C=O) groups is 1. The van der Waals surface area contributed by atoms with Crippen LogP contribution in [0.5, 0.6) is 23.0 Å². The molecular weight excluding hydrogens is 696 g/mol. The van der Waals surface area contributed by atoms with E-state index in [4.69, 9.17) is 23.7 Å². The highest BCUT2D eigenvalue weighted by Gasteiger charge is 2.31. The third-order valence-corrected chi connectivity index (χ3v) is 9.34. The number of hydrogen-bond donors (Lipinski definition) is 0. The molecule has 11 heteroatoms. The van der Waals surface area contributed by atoms with Gasteiger partial charge in [0.25, 0.3) is 5.56 Å². The molecule has 5 aromatic rings. The van der Waals surface area contributed by atoms with Gasteiger partial charge in [-0.2, -0.15) is 0 Å². The summed E-state index contributed by atoms with van der Waals surface area (Å²) in [5.41, 5.74) is 2.30. The Hall–Kier alpha value is -4.87. The van der Waals surface area contributed by atoms with Gasteiger partial charge in [-0.1, -0.05) is 53.8 Å². The number of fused-ring (bicyclic) bond motifs is 2. The van der Waals surface area contributed by atoms with Crippen LogP contribution in [0, 0.1) is 0 Å². The minimum absolute atomic E-state index is 0.223. The average molecular weight is 730 g/mol. The van der Waals surface area contributed by atoms with Crippen LogP contribution in [-0.4, -0.2) is 38.0 Å². The molecule has 1 aromatic heterocycles. The van der Waals surface area contributed by atoms with Crippen LogP contribution in [0.4, 0.5) is 0 Å². The fourth-order valence-electron chi connectivity index (χ4n) is 5.59. The van der Waals surface area contributed by atoms with E-state index in [0.717, 1.165) is 16.3 Å². The molecule has 1 atom stereocenters. The number of aromatic nitrogens is 1. The van der Waals surface area contributed by atoms with Gasteiger partial charge >= 0.3 is 5.97 Å². The number of esters is 1. The van der Waals surface area contributed by atoms with Crippen LogP contribution in [-0.2, 0) is 16.1 Å². The van der Waals surface area contributed by atoms with E-state index in [1.165, 1.54) is 29.2 Å². The van der Waals surface area contributed by atoms with E-state index in [1.54, 1.807) is 25.3 Å². The summed E-state index contributed by atoms with van der Waals surface area (Å²) in [5, 5.41) is 2.30. The molecular formula is C37H33BrN2O7S. The number of methoxy groups -OCH3 is 2. The van der Waals surface area contributed by atoms with Gasteiger partial charge in [-0.05, 0) is 93.6 Å². The number of rotatable bonds is 11. The maximum atomic E-state index is 14.1. The lowest BCUT2D eigenvalue weighted by Crippen LogP contribution is -2.39. The van der Waals surface area contributed by atoms with Gasteiger partial charge < -0.3 is 23.7 Å². The first kappa shape index (κ1) is 33.0. The van der Waals surface area contributed by atoms with Crippen molar-refractivity contribution in [3.05, 3.63) is 125 Å². The van der Waals surface area contributed by atoms with Crippen LogP contribution < -0.4 is 33.8 Å². The predicted molar refractivity (Wildman–Crippen MR) is 189 cm³/mol. The Morgan fingerprint density at radius 1 is 0.917 bits per heavy atom. The summed E-state index contributed by atoms with van der Waals surface area (Å²) in [6.45, 7) is 4.98. The van der Waals surface area contributed by atoms with Gasteiger partial charge in [0.1, 0.15) is 6.61 Å². The quantitative estimate of drug-likeness (QED) is 0.147. The van der Waals surface area contributed by atoms with E-state index in [-0.39, 0.29) is 11.1 Å². The van der Waals surface area contributed by atoms with Crippen molar-refractivity contribution in [2.45, 2.75) is 26.5 Å². The molecule has 4 aromatic carbocycles. The zero-order valence-electron chi connectivity index (χ0n) is 26.8. The van der Waals surface area contributed by atoms with Crippen LogP contribution in [0.1, 0.15) is 36.6 Å². The number of halogens is 1. The minimum Gasteiger partial charge on any atom is -0.493 e. The topological polar surface area (TPSA) is 97.6 Å². The van der Waals surface area contributed by atoms with E-state index in [1.807, 2.05) is 50.2 Å². The summed E-state index contributed by atoms with van der Waals surface area (Å²) in [6, 6.07) is 22.7. The molecule has 48 heavy (non-hydrogen) atoms. The number of benzene rings is 4. The second kappa shape index (κ2) is 14.5. The summed E-state index contributed by atoms with van der Waals surface area (Å²) in [7, 11) is 2.87. The SMILES string of the molecule is CCOc1ccc([C@@H]2C(C(=O)OC)=CN=c3s/c(=C\c4cc(Br)c(OCc5ccc6ccccc6c5)c(OC)c4)c(=O)n32)cc1OCC. The molecule has 0 saturated carbocycles. The van der Waals surface area contributed by atoms with Crippen LogP contribution in [0.15, 0.2) is 98.8 Å². The summed E-state index contributed by atoms with van der Waals surface area (Å²) >= 11 is 4.87. The number of hydrogen-bond acceptors (Lipinski definition) is 9. The molecule has 6 rings (SSSR count). The molecule has 0 radical (unpaired) electrons. The first-order chi connectivity index (χ1) is 23.3. The van der Waals surface area contributed by atoms with E-state index in [2.05, 4.69) is 45.2 Å². The molecule has 2 heterocycles. The van der Waals surface area contributed by atoms with Gasteiger partial charge in [0.15, 0.2) is 27.8 Å². The third kappa shape index (κ3) is 6.61. The minimum atomic E-state index is -0.794. The third-order valence-electron chi connectivity index (χ3n) is 7.75. The molecule has 1 aliphatic rings. The zero-order valence-corrected chi connectivity index (χ0v) is 29.2. The summed E-state index contributed by atoms with van der Waals surface area (Å²) < 4.78 is 31.2. The Balaban J connectivity index is 1.36. The van der Waals surface area contributed by atoms with Crippen molar-refractivity contribution in [1.82, 2.24) is 4.57 Å². The van der Waals surface area contributed by atoms with Crippen LogP contribution >= 0.6 is 27.3 Å². The van der Waals surface area contributed by atoms with Crippen molar-refractivity contribution in [2.75, 3.05) is 27.4 Å². The van der Waals surface area contributed by atoms with Crippen molar-refractivity contribution >= 4 is 50.1 Å².